The van der Waals surface area contributed by atoms with Crippen molar-refractivity contribution in [1.82, 2.24) is 9.97 Å². The summed E-state index contributed by atoms with van der Waals surface area (Å²) >= 11 is 0. The van der Waals surface area contributed by atoms with E-state index in [0.717, 1.165) is 18.3 Å². The number of amides is 1. The number of hydrogen-bond acceptors (Lipinski definition) is 7. The van der Waals surface area contributed by atoms with Crippen LogP contribution in [0, 0.1) is 11.7 Å². The lowest BCUT2D eigenvalue weighted by Gasteiger charge is -2.21. The topological polar surface area (TPSA) is 108 Å². The van der Waals surface area contributed by atoms with Crippen LogP contribution in [0.2, 0.25) is 0 Å². The Kier molecular flexibility index (Phi) is 6.85. The number of pyridine rings is 2. The van der Waals surface area contributed by atoms with Crippen LogP contribution in [-0.4, -0.2) is 58.3 Å². The fourth-order valence-electron chi connectivity index (χ4n) is 3.76. The highest BCUT2D eigenvalue weighted by atomic mass is 19.4. The number of β-amino-alcohol motifs (C(OH)–C–C–N with tert-alkyl or cyclic N) is 1. The Morgan fingerprint density at radius 3 is 2.51 bits per heavy atom. The average molecular weight is 492 g/mol. The van der Waals surface area contributed by atoms with Gasteiger partial charge in [-0.25, -0.2) is 9.37 Å². The van der Waals surface area contributed by atoms with E-state index in [1.807, 2.05) is 0 Å². The zero-order valence-corrected chi connectivity index (χ0v) is 18.0. The van der Waals surface area contributed by atoms with Crippen LogP contribution in [0.1, 0.15) is 10.4 Å². The van der Waals surface area contributed by atoms with E-state index in [-0.39, 0.29) is 30.3 Å². The smallest absolute Gasteiger partial charge is 0.406 e. The molecule has 0 unspecified atom stereocenters. The monoisotopic (exact) mass is 492 g/mol. The van der Waals surface area contributed by atoms with Gasteiger partial charge in [0.25, 0.3) is 5.91 Å². The molecule has 1 aliphatic rings. The van der Waals surface area contributed by atoms with Crippen LogP contribution in [0.4, 0.5) is 29.1 Å². The van der Waals surface area contributed by atoms with E-state index in [1.165, 1.54) is 36.7 Å². The van der Waals surface area contributed by atoms with E-state index in [2.05, 4.69) is 20.0 Å². The van der Waals surface area contributed by atoms with Crippen molar-refractivity contribution < 1.29 is 37.3 Å². The molecule has 3 heterocycles. The summed E-state index contributed by atoms with van der Waals surface area (Å²) in [5.41, 5.74) is 1.04. The highest BCUT2D eigenvalue weighted by molar-refractivity contribution is 6.05. The van der Waals surface area contributed by atoms with Crippen molar-refractivity contribution in [2.45, 2.75) is 12.5 Å². The Labute approximate surface area is 196 Å². The van der Waals surface area contributed by atoms with E-state index in [4.69, 9.17) is 0 Å². The minimum absolute atomic E-state index is 0.0992. The Balaban J connectivity index is 1.61. The van der Waals surface area contributed by atoms with E-state index in [0.29, 0.717) is 23.5 Å². The van der Waals surface area contributed by atoms with Gasteiger partial charge in [-0.05, 0) is 36.4 Å². The third-order valence-electron chi connectivity index (χ3n) is 5.43. The molecule has 2 aromatic heterocycles. The molecular formula is C23H20F4N4O4. The Morgan fingerprint density at radius 2 is 1.89 bits per heavy atom. The van der Waals surface area contributed by atoms with Crippen molar-refractivity contribution in [2.75, 3.05) is 29.9 Å². The van der Waals surface area contributed by atoms with Crippen molar-refractivity contribution >= 4 is 17.4 Å². The van der Waals surface area contributed by atoms with Gasteiger partial charge in [-0.1, -0.05) is 0 Å². The number of alkyl halides is 3. The number of rotatable bonds is 6. The number of carbonyl (C=O) groups excluding carboxylic acids is 1. The van der Waals surface area contributed by atoms with Crippen molar-refractivity contribution in [1.29, 1.82) is 0 Å². The third kappa shape index (κ3) is 5.84. The second-order valence-corrected chi connectivity index (χ2v) is 7.93. The number of aliphatic hydroxyl groups is 2. The second-order valence-electron chi connectivity index (χ2n) is 7.93. The number of halogens is 4. The zero-order chi connectivity index (χ0) is 25.2. The molecule has 8 nitrogen and oxygen atoms in total. The predicted molar refractivity (Wildman–Crippen MR) is 117 cm³/mol. The first-order valence-electron chi connectivity index (χ1n) is 10.4. The fourth-order valence-corrected chi connectivity index (χ4v) is 3.76. The van der Waals surface area contributed by atoms with Gasteiger partial charge in [0.2, 0.25) is 0 Å². The van der Waals surface area contributed by atoms with Gasteiger partial charge in [0, 0.05) is 48.2 Å². The fraction of sp³-hybridized carbons (Fsp3) is 0.261. The van der Waals surface area contributed by atoms with Gasteiger partial charge in [-0.2, -0.15) is 0 Å². The molecule has 0 bridgehead atoms. The second kappa shape index (κ2) is 9.84. The first-order chi connectivity index (χ1) is 16.6. The van der Waals surface area contributed by atoms with Gasteiger partial charge >= 0.3 is 6.36 Å². The molecule has 0 radical (unpaired) electrons. The third-order valence-corrected chi connectivity index (χ3v) is 5.43. The Morgan fingerprint density at radius 1 is 1.14 bits per heavy atom. The normalized spacial score (nSPS) is 17.9. The molecule has 3 aromatic rings. The number of nitrogens with zero attached hydrogens (tertiary/aromatic N) is 3. The van der Waals surface area contributed by atoms with E-state index >= 15 is 0 Å². The molecule has 12 heteroatoms. The molecule has 3 N–H and O–H groups in total. The largest absolute Gasteiger partial charge is 0.573 e. The summed E-state index contributed by atoms with van der Waals surface area (Å²) in [5.74, 6) is -1.65. The lowest BCUT2D eigenvalue weighted by atomic mass is 10.1. The number of aromatic nitrogens is 2. The van der Waals surface area contributed by atoms with Crippen LogP contribution in [-0.2, 0) is 0 Å². The minimum atomic E-state index is -4.83. The molecule has 1 saturated heterocycles. The molecule has 0 spiro atoms. The van der Waals surface area contributed by atoms with Gasteiger partial charge in [-0.3, -0.25) is 9.78 Å². The standard InChI is InChI=1S/C23H20F4N4O4/c24-16-5-13(7-28-9-16)19-6-14(8-29-21(19)31-10-15(12-32)20(33)11-31)22(34)30-17-1-3-18(4-2-17)35-23(25,26)27/h1-9,15,20,32-33H,10-12H2,(H,30,34)/t15-,20+/m1/s1. The zero-order valence-electron chi connectivity index (χ0n) is 18.0. The molecule has 184 valence electrons. The van der Waals surface area contributed by atoms with E-state index in [9.17, 15) is 32.6 Å². The molecule has 1 aromatic carbocycles. The molecule has 0 saturated carbocycles. The summed E-state index contributed by atoms with van der Waals surface area (Å²) in [5, 5.41) is 22.2. The van der Waals surface area contributed by atoms with Gasteiger partial charge < -0.3 is 25.2 Å². The molecule has 1 fully saturated rings. The number of hydrogen-bond donors (Lipinski definition) is 3. The number of benzene rings is 1. The molecular weight excluding hydrogens is 472 g/mol. The SMILES string of the molecule is O=C(Nc1ccc(OC(F)(F)F)cc1)c1cnc(N2C[C@H](CO)[C@@H](O)C2)c(-c2cncc(F)c2)c1. The van der Waals surface area contributed by atoms with Crippen LogP contribution in [0.5, 0.6) is 5.75 Å². The highest BCUT2D eigenvalue weighted by Crippen LogP contribution is 2.33. The number of anilines is 2. The van der Waals surface area contributed by atoms with Crippen LogP contribution in [0.15, 0.2) is 55.0 Å². The van der Waals surface area contributed by atoms with Crippen LogP contribution in [0.25, 0.3) is 11.1 Å². The van der Waals surface area contributed by atoms with Gasteiger partial charge in [0.1, 0.15) is 17.4 Å². The van der Waals surface area contributed by atoms with Gasteiger partial charge in [0.15, 0.2) is 0 Å². The first kappa shape index (κ1) is 24.4. The van der Waals surface area contributed by atoms with Crippen molar-refractivity contribution in [3.8, 4) is 16.9 Å². The Hall–Kier alpha value is -3.77. The number of carbonyl (C=O) groups is 1. The van der Waals surface area contributed by atoms with Gasteiger partial charge in [-0.15, -0.1) is 13.2 Å². The molecule has 35 heavy (non-hydrogen) atoms. The van der Waals surface area contributed by atoms with Crippen molar-refractivity contribution in [2.24, 2.45) is 5.92 Å². The maximum atomic E-state index is 13.9. The summed E-state index contributed by atoms with van der Waals surface area (Å²) in [6.07, 6.45) is -1.89. The maximum absolute atomic E-state index is 13.9. The quantitative estimate of drug-likeness (QED) is 0.454. The Bertz CT molecular complexity index is 1210. The minimum Gasteiger partial charge on any atom is -0.406 e. The summed E-state index contributed by atoms with van der Waals surface area (Å²) in [6, 6.07) is 7.32. The summed E-state index contributed by atoms with van der Waals surface area (Å²) < 4.78 is 54.7. The van der Waals surface area contributed by atoms with Crippen LogP contribution in [0.3, 0.4) is 0 Å². The molecule has 1 aliphatic heterocycles. The summed E-state index contributed by atoms with van der Waals surface area (Å²) in [7, 11) is 0. The molecule has 0 aliphatic carbocycles. The van der Waals surface area contributed by atoms with Crippen LogP contribution < -0.4 is 15.0 Å². The average Bonchev–Trinajstić information content (AvgIpc) is 3.19. The predicted octanol–water partition coefficient (Wildman–Crippen LogP) is 3.22. The molecule has 4 rings (SSSR count). The number of aliphatic hydroxyl groups excluding tert-OH is 2. The van der Waals surface area contributed by atoms with Crippen molar-refractivity contribution in [3.63, 3.8) is 0 Å². The van der Waals surface area contributed by atoms with Crippen molar-refractivity contribution in [3.05, 3.63) is 66.4 Å². The summed E-state index contributed by atoms with van der Waals surface area (Å²) in [4.78, 5) is 22.8. The lowest BCUT2D eigenvalue weighted by molar-refractivity contribution is -0.274. The van der Waals surface area contributed by atoms with E-state index < -0.39 is 29.9 Å². The van der Waals surface area contributed by atoms with E-state index in [1.54, 1.807) is 4.90 Å². The molecule has 1 amide bonds. The highest BCUT2D eigenvalue weighted by Gasteiger charge is 2.33. The summed E-state index contributed by atoms with van der Waals surface area (Å²) in [6.45, 7) is 0.270. The maximum Gasteiger partial charge on any atom is 0.573 e. The molecule has 2 atom stereocenters. The first-order valence-corrected chi connectivity index (χ1v) is 10.4. The lowest BCUT2D eigenvalue weighted by Crippen LogP contribution is -2.23. The number of ether oxygens (including phenoxy) is 1. The number of nitrogens with one attached hydrogen (secondary N) is 1. The van der Waals surface area contributed by atoms with Gasteiger partial charge in [0.05, 0.1) is 24.5 Å². The van der Waals surface area contributed by atoms with Crippen LogP contribution >= 0.6 is 0 Å².